The molecule has 0 atom stereocenters. The fraction of sp³-hybridized carbons (Fsp3) is 0.286. The standard InChI is InChI=1S/C21H24N4/c1-2-8-18-11-7-12-21(24-18)17-25(15-19-9-3-5-13-22-19)16-20-10-4-6-14-23-20/h3-7,9-14H,2,8,15-17H2,1H3. The summed E-state index contributed by atoms with van der Waals surface area (Å²) in [6.45, 7) is 4.52. The van der Waals surface area contributed by atoms with Crippen LogP contribution in [-0.4, -0.2) is 19.9 Å². The third-order valence-electron chi connectivity index (χ3n) is 3.98. The van der Waals surface area contributed by atoms with Gasteiger partial charge in [-0.3, -0.25) is 19.9 Å². The minimum Gasteiger partial charge on any atom is -0.286 e. The van der Waals surface area contributed by atoms with Gasteiger partial charge in [-0.1, -0.05) is 31.5 Å². The summed E-state index contributed by atoms with van der Waals surface area (Å²) in [4.78, 5) is 16.1. The zero-order valence-electron chi connectivity index (χ0n) is 14.7. The summed E-state index contributed by atoms with van der Waals surface area (Å²) in [5, 5.41) is 0. The Morgan fingerprint density at radius 2 is 1.24 bits per heavy atom. The predicted octanol–water partition coefficient (Wildman–Crippen LogP) is 4.03. The average molecular weight is 332 g/mol. The number of hydrogen-bond donors (Lipinski definition) is 0. The Morgan fingerprint density at radius 3 is 1.80 bits per heavy atom. The van der Waals surface area contributed by atoms with Crippen LogP contribution in [0.1, 0.15) is 36.1 Å². The SMILES string of the molecule is CCCc1cccc(CN(Cc2ccccn2)Cc2ccccn2)n1. The fourth-order valence-electron chi connectivity index (χ4n) is 2.85. The highest BCUT2D eigenvalue weighted by atomic mass is 15.1. The molecule has 3 aromatic rings. The van der Waals surface area contributed by atoms with Crippen LogP contribution in [0.3, 0.4) is 0 Å². The van der Waals surface area contributed by atoms with Crippen LogP contribution in [0.5, 0.6) is 0 Å². The van der Waals surface area contributed by atoms with Crippen LogP contribution in [0, 0.1) is 0 Å². The van der Waals surface area contributed by atoms with Crippen molar-refractivity contribution < 1.29 is 0 Å². The van der Waals surface area contributed by atoms with E-state index in [2.05, 4.69) is 52.1 Å². The second kappa shape index (κ2) is 9.04. The maximum atomic E-state index is 4.80. The molecule has 0 aliphatic rings. The van der Waals surface area contributed by atoms with Gasteiger partial charge in [0.1, 0.15) is 0 Å². The topological polar surface area (TPSA) is 41.9 Å². The lowest BCUT2D eigenvalue weighted by atomic mass is 10.2. The van der Waals surface area contributed by atoms with Crippen LogP contribution in [-0.2, 0) is 26.1 Å². The first-order valence-electron chi connectivity index (χ1n) is 8.80. The first-order chi connectivity index (χ1) is 12.3. The van der Waals surface area contributed by atoms with Crippen molar-refractivity contribution in [2.75, 3.05) is 0 Å². The number of aromatic nitrogens is 3. The summed E-state index contributed by atoms with van der Waals surface area (Å²) < 4.78 is 0. The highest BCUT2D eigenvalue weighted by Crippen LogP contribution is 2.12. The summed E-state index contributed by atoms with van der Waals surface area (Å²) in [5.41, 5.74) is 4.37. The van der Waals surface area contributed by atoms with E-state index in [1.54, 1.807) is 0 Å². The molecule has 4 nitrogen and oxygen atoms in total. The van der Waals surface area contributed by atoms with Gasteiger partial charge in [0.25, 0.3) is 0 Å². The molecule has 0 saturated carbocycles. The lowest BCUT2D eigenvalue weighted by Gasteiger charge is -2.21. The minimum absolute atomic E-state index is 0.775. The summed E-state index contributed by atoms with van der Waals surface area (Å²) in [6, 6.07) is 18.4. The molecule has 0 amide bonds. The van der Waals surface area contributed by atoms with Crippen molar-refractivity contribution in [3.05, 3.63) is 89.8 Å². The van der Waals surface area contributed by atoms with Crippen LogP contribution in [0.15, 0.2) is 67.0 Å². The lowest BCUT2D eigenvalue weighted by Crippen LogP contribution is -2.24. The molecule has 128 valence electrons. The van der Waals surface area contributed by atoms with E-state index in [0.29, 0.717) is 0 Å². The van der Waals surface area contributed by atoms with Crippen LogP contribution in [0.4, 0.5) is 0 Å². The van der Waals surface area contributed by atoms with E-state index in [4.69, 9.17) is 4.98 Å². The van der Waals surface area contributed by atoms with Gasteiger partial charge in [-0.25, -0.2) is 0 Å². The molecule has 0 radical (unpaired) electrons. The van der Waals surface area contributed by atoms with Gasteiger partial charge in [-0.2, -0.15) is 0 Å². The van der Waals surface area contributed by atoms with Gasteiger partial charge in [0.05, 0.1) is 17.1 Å². The highest BCUT2D eigenvalue weighted by Gasteiger charge is 2.11. The second-order valence-electron chi connectivity index (χ2n) is 6.16. The number of aryl methyl sites for hydroxylation is 1. The van der Waals surface area contributed by atoms with E-state index < -0.39 is 0 Å². The first kappa shape index (κ1) is 17.2. The molecular formula is C21H24N4. The van der Waals surface area contributed by atoms with Gasteiger partial charge in [-0.15, -0.1) is 0 Å². The van der Waals surface area contributed by atoms with E-state index >= 15 is 0 Å². The zero-order valence-corrected chi connectivity index (χ0v) is 14.7. The predicted molar refractivity (Wildman–Crippen MR) is 99.7 cm³/mol. The molecule has 3 aromatic heterocycles. The fourth-order valence-corrected chi connectivity index (χ4v) is 2.85. The molecule has 0 spiro atoms. The average Bonchev–Trinajstić information content (AvgIpc) is 2.64. The van der Waals surface area contributed by atoms with E-state index in [-0.39, 0.29) is 0 Å². The third kappa shape index (κ3) is 5.47. The molecule has 0 aromatic carbocycles. The number of rotatable bonds is 8. The zero-order chi connectivity index (χ0) is 17.3. The minimum atomic E-state index is 0.775. The number of hydrogen-bond acceptors (Lipinski definition) is 4. The Hall–Kier alpha value is -2.59. The molecule has 3 heterocycles. The molecule has 4 heteroatoms. The van der Waals surface area contributed by atoms with Gasteiger partial charge >= 0.3 is 0 Å². The van der Waals surface area contributed by atoms with Crippen molar-refractivity contribution in [2.45, 2.75) is 39.4 Å². The highest BCUT2D eigenvalue weighted by molar-refractivity contribution is 5.12. The van der Waals surface area contributed by atoms with Gasteiger partial charge in [-0.05, 0) is 42.8 Å². The summed E-state index contributed by atoms with van der Waals surface area (Å²) in [5.74, 6) is 0. The molecule has 0 unspecified atom stereocenters. The van der Waals surface area contributed by atoms with Gasteiger partial charge < -0.3 is 0 Å². The van der Waals surface area contributed by atoms with Crippen molar-refractivity contribution in [1.82, 2.24) is 19.9 Å². The summed E-state index contributed by atoms with van der Waals surface area (Å²) >= 11 is 0. The van der Waals surface area contributed by atoms with Crippen LogP contribution >= 0.6 is 0 Å². The molecule has 3 rings (SSSR count). The van der Waals surface area contributed by atoms with Gasteiger partial charge in [0.2, 0.25) is 0 Å². The number of nitrogens with zero attached hydrogens (tertiary/aromatic N) is 4. The van der Waals surface area contributed by atoms with Gasteiger partial charge in [0.15, 0.2) is 0 Å². The quantitative estimate of drug-likeness (QED) is 0.625. The van der Waals surface area contributed by atoms with E-state index in [0.717, 1.165) is 55.3 Å². The molecule has 0 N–H and O–H groups in total. The molecule has 0 aliphatic heterocycles. The number of pyridine rings is 3. The van der Waals surface area contributed by atoms with Crippen LogP contribution in [0.25, 0.3) is 0 Å². The first-order valence-corrected chi connectivity index (χ1v) is 8.80. The van der Waals surface area contributed by atoms with Crippen molar-refractivity contribution >= 4 is 0 Å². The van der Waals surface area contributed by atoms with Crippen molar-refractivity contribution in [3.63, 3.8) is 0 Å². The Balaban J connectivity index is 1.76. The molecule has 25 heavy (non-hydrogen) atoms. The maximum Gasteiger partial charge on any atom is 0.0547 e. The van der Waals surface area contributed by atoms with E-state index in [1.807, 2.05) is 36.7 Å². The third-order valence-corrected chi connectivity index (χ3v) is 3.98. The van der Waals surface area contributed by atoms with Crippen molar-refractivity contribution in [2.24, 2.45) is 0 Å². The second-order valence-corrected chi connectivity index (χ2v) is 6.16. The van der Waals surface area contributed by atoms with E-state index in [9.17, 15) is 0 Å². The Bertz CT molecular complexity index is 718. The van der Waals surface area contributed by atoms with Gasteiger partial charge in [0, 0.05) is 37.7 Å². The summed E-state index contributed by atoms with van der Waals surface area (Å²) in [6.07, 6.45) is 5.82. The van der Waals surface area contributed by atoms with E-state index in [1.165, 1.54) is 0 Å². The smallest absolute Gasteiger partial charge is 0.0547 e. The molecular weight excluding hydrogens is 308 g/mol. The Labute approximate surface area is 149 Å². The lowest BCUT2D eigenvalue weighted by molar-refractivity contribution is 0.238. The molecule has 0 bridgehead atoms. The maximum absolute atomic E-state index is 4.80. The monoisotopic (exact) mass is 332 g/mol. The molecule has 0 fully saturated rings. The van der Waals surface area contributed by atoms with Crippen LogP contribution in [0.2, 0.25) is 0 Å². The van der Waals surface area contributed by atoms with Crippen LogP contribution < -0.4 is 0 Å². The summed E-state index contributed by atoms with van der Waals surface area (Å²) in [7, 11) is 0. The normalized spacial score (nSPS) is 11.0. The molecule has 0 aliphatic carbocycles. The Kier molecular flexibility index (Phi) is 6.23. The van der Waals surface area contributed by atoms with Crippen molar-refractivity contribution in [3.8, 4) is 0 Å². The Morgan fingerprint density at radius 1 is 0.680 bits per heavy atom. The van der Waals surface area contributed by atoms with Crippen molar-refractivity contribution in [1.29, 1.82) is 0 Å². The largest absolute Gasteiger partial charge is 0.286 e. The molecule has 0 saturated heterocycles.